The molecule has 0 aliphatic rings. The molecule has 0 aromatic heterocycles. The first-order valence-electron chi connectivity index (χ1n) is 8.84. The summed E-state index contributed by atoms with van der Waals surface area (Å²) in [6.07, 6.45) is -3.09. The summed E-state index contributed by atoms with van der Waals surface area (Å²) in [6, 6.07) is 14.6. The lowest BCUT2D eigenvalue weighted by Gasteiger charge is -2.32. The molecule has 27 heavy (non-hydrogen) atoms. The van der Waals surface area contributed by atoms with E-state index in [0.717, 1.165) is 17.7 Å². The van der Waals surface area contributed by atoms with Crippen LogP contribution in [0.1, 0.15) is 36.5 Å². The number of nitrogens with one attached hydrogen (secondary N) is 1. The average molecular weight is 379 g/mol. The summed E-state index contributed by atoms with van der Waals surface area (Å²) >= 11 is 0. The Labute approximate surface area is 157 Å². The zero-order valence-electron chi connectivity index (χ0n) is 15.5. The summed E-state index contributed by atoms with van der Waals surface area (Å²) in [5, 5.41) is 2.89. The number of halogens is 3. The van der Waals surface area contributed by atoms with Gasteiger partial charge in [-0.25, -0.2) is 0 Å². The second kappa shape index (κ2) is 9.04. The molecule has 0 unspecified atom stereocenters. The van der Waals surface area contributed by atoms with E-state index in [0.29, 0.717) is 24.9 Å². The van der Waals surface area contributed by atoms with E-state index in [2.05, 4.69) is 5.32 Å². The quantitative estimate of drug-likeness (QED) is 0.722. The van der Waals surface area contributed by atoms with Crippen molar-refractivity contribution in [3.05, 3.63) is 71.3 Å². The van der Waals surface area contributed by atoms with Gasteiger partial charge < -0.3 is 10.1 Å². The van der Waals surface area contributed by atoms with Crippen molar-refractivity contribution in [1.29, 1.82) is 0 Å². The summed E-state index contributed by atoms with van der Waals surface area (Å²) < 4.78 is 43.4. The number of carbonyl (C=O) groups excluding carboxylic acids is 1. The first kappa shape index (κ1) is 21.0. The summed E-state index contributed by atoms with van der Waals surface area (Å²) in [5.41, 5.74) is 0.379. The Bertz CT molecular complexity index is 723. The summed E-state index contributed by atoms with van der Waals surface area (Å²) in [5.74, 6) is -0.166. The van der Waals surface area contributed by atoms with Crippen LogP contribution >= 0.6 is 0 Å². The third kappa shape index (κ3) is 5.57. The number of benzene rings is 2. The smallest absolute Gasteiger partial charge is 0.372 e. The zero-order chi connectivity index (χ0) is 19.9. The third-order valence-electron chi connectivity index (χ3n) is 4.75. The van der Waals surface area contributed by atoms with Crippen LogP contribution in [0.5, 0.6) is 0 Å². The highest BCUT2D eigenvalue weighted by Crippen LogP contribution is 2.29. The highest BCUT2D eigenvalue weighted by molar-refractivity contribution is 5.76. The Kier molecular flexibility index (Phi) is 7.02. The van der Waals surface area contributed by atoms with Gasteiger partial charge in [0.2, 0.25) is 5.91 Å². The predicted molar refractivity (Wildman–Crippen MR) is 98.2 cm³/mol. The molecule has 0 bridgehead atoms. The molecule has 0 fully saturated rings. The fourth-order valence-electron chi connectivity index (χ4n) is 2.96. The number of hydrogen-bond acceptors (Lipinski definition) is 2. The van der Waals surface area contributed by atoms with Gasteiger partial charge in [-0.15, -0.1) is 0 Å². The van der Waals surface area contributed by atoms with Crippen molar-refractivity contribution in [2.45, 2.75) is 38.0 Å². The van der Waals surface area contributed by atoms with E-state index >= 15 is 0 Å². The molecule has 0 saturated heterocycles. The number of alkyl halides is 3. The van der Waals surface area contributed by atoms with Gasteiger partial charge in [-0.2, -0.15) is 13.2 Å². The van der Waals surface area contributed by atoms with Crippen molar-refractivity contribution in [1.82, 2.24) is 5.32 Å². The maximum atomic E-state index is 12.6. The number of rotatable bonds is 8. The van der Waals surface area contributed by atoms with Crippen molar-refractivity contribution in [2.75, 3.05) is 13.7 Å². The minimum absolute atomic E-state index is 0.166. The Balaban J connectivity index is 1.91. The summed E-state index contributed by atoms with van der Waals surface area (Å²) in [6.45, 7) is 2.32. The lowest BCUT2D eigenvalue weighted by molar-refractivity contribution is -0.137. The maximum Gasteiger partial charge on any atom is 0.416 e. The van der Waals surface area contributed by atoms with Gasteiger partial charge in [-0.3, -0.25) is 4.79 Å². The summed E-state index contributed by atoms with van der Waals surface area (Å²) in [7, 11) is 1.62. The van der Waals surface area contributed by atoms with E-state index in [1.165, 1.54) is 12.1 Å². The number of amides is 1. The molecule has 0 aliphatic carbocycles. The van der Waals surface area contributed by atoms with Gasteiger partial charge in [0.05, 0.1) is 12.1 Å². The molecule has 146 valence electrons. The number of aryl methyl sites for hydroxylation is 1. The minimum atomic E-state index is -4.35. The van der Waals surface area contributed by atoms with Crippen LogP contribution in [0.3, 0.4) is 0 Å². The first-order chi connectivity index (χ1) is 12.8. The van der Waals surface area contributed by atoms with Gasteiger partial charge in [0.25, 0.3) is 0 Å². The molecular formula is C21H24F3NO2. The molecule has 1 N–H and O–H groups in total. The second-order valence-corrected chi connectivity index (χ2v) is 6.39. The van der Waals surface area contributed by atoms with Gasteiger partial charge in [-0.1, -0.05) is 49.4 Å². The van der Waals surface area contributed by atoms with Gasteiger partial charge in [0.15, 0.2) is 0 Å². The third-order valence-corrected chi connectivity index (χ3v) is 4.75. The molecule has 2 rings (SSSR count). The molecule has 1 atom stereocenters. The molecule has 0 saturated carbocycles. The number of ether oxygens (including phenoxy) is 1. The largest absolute Gasteiger partial charge is 0.416 e. The summed E-state index contributed by atoms with van der Waals surface area (Å²) in [4.78, 5) is 12.2. The SMILES string of the molecule is CC[C@](CNC(=O)CCc1ccc(C(F)(F)F)cc1)(OC)c1ccccc1. The fourth-order valence-corrected chi connectivity index (χ4v) is 2.96. The van der Waals surface area contributed by atoms with Crippen molar-refractivity contribution >= 4 is 5.91 Å². The van der Waals surface area contributed by atoms with Crippen LogP contribution in [-0.4, -0.2) is 19.6 Å². The molecular weight excluding hydrogens is 355 g/mol. The topological polar surface area (TPSA) is 38.3 Å². The van der Waals surface area contributed by atoms with Crippen LogP contribution in [0.2, 0.25) is 0 Å². The monoisotopic (exact) mass is 379 g/mol. The van der Waals surface area contributed by atoms with Crippen molar-refractivity contribution < 1.29 is 22.7 Å². The number of carbonyl (C=O) groups is 1. The van der Waals surface area contributed by atoms with Crippen LogP contribution in [0.4, 0.5) is 13.2 Å². The van der Waals surface area contributed by atoms with Crippen LogP contribution in [0.25, 0.3) is 0 Å². The number of methoxy groups -OCH3 is 1. The van der Waals surface area contributed by atoms with Crippen LogP contribution in [0.15, 0.2) is 54.6 Å². The Hall–Kier alpha value is -2.34. The molecule has 0 spiro atoms. The Morgan fingerprint density at radius 3 is 2.15 bits per heavy atom. The van der Waals surface area contributed by atoms with Crippen LogP contribution < -0.4 is 5.32 Å². The normalized spacial score (nSPS) is 13.8. The lowest BCUT2D eigenvalue weighted by Crippen LogP contribution is -2.42. The van der Waals surface area contributed by atoms with Crippen molar-refractivity contribution in [2.24, 2.45) is 0 Å². The zero-order valence-corrected chi connectivity index (χ0v) is 15.5. The van der Waals surface area contributed by atoms with Gasteiger partial charge in [-0.05, 0) is 36.1 Å². The first-order valence-corrected chi connectivity index (χ1v) is 8.84. The molecule has 2 aromatic carbocycles. The van der Waals surface area contributed by atoms with E-state index in [1.807, 2.05) is 37.3 Å². The highest BCUT2D eigenvalue weighted by atomic mass is 19.4. The van der Waals surface area contributed by atoms with Crippen LogP contribution in [-0.2, 0) is 27.7 Å². The van der Waals surface area contributed by atoms with Gasteiger partial charge in [0.1, 0.15) is 5.60 Å². The van der Waals surface area contributed by atoms with Crippen molar-refractivity contribution in [3.8, 4) is 0 Å². The molecule has 6 heteroatoms. The molecule has 3 nitrogen and oxygen atoms in total. The lowest BCUT2D eigenvalue weighted by atomic mass is 9.90. The van der Waals surface area contributed by atoms with Crippen molar-refractivity contribution in [3.63, 3.8) is 0 Å². The standard InChI is InChI=1S/C21H24F3NO2/c1-3-20(27-2,17-7-5-4-6-8-17)15-25-19(26)14-11-16-9-12-18(13-10-16)21(22,23)24/h4-10,12-13H,3,11,14-15H2,1-2H3,(H,25,26)/t20-/m1/s1. The molecule has 0 radical (unpaired) electrons. The van der Waals surface area contributed by atoms with Gasteiger partial charge >= 0.3 is 6.18 Å². The molecule has 0 aliphatic heterocycles. The maximum absolute atomic E-state index is 12.6. The average Bonchev–Trinajstić information content (AvgIpc) is 2.68. The molecule has 1 amide bonds. The fraction of sp³-hybridized carbons (Fsp3) is 0.381. The van der Waals surface area contributed by atoms with Gasteiger partial charge in [0, 0.05) is 13.5 Å². The second-order valence-electron chi connectivity index (χ2n) is 6.39. The Morgan fingerprint density at radius 2 is 1.63 bits per heavy atom. The van der Waals surface area contributed by atoms with E-state index in [9.17, 15) is 18.0 Å². The van der Waals surface area contributed by atoms with E-state index in [1.54, 1.807) is 7.11 Å². The highest BCUT2D eigenvalue weighted by Gasteiger charge is 2.31. The predicted octanol–water partition coefficient (Wildman–Crippen LogP) is 4.71. The van der Waals surface area contributed by atoms with E-state index in [4.69, 9.17) is 4.74 Å². The van der Waals surface area contributed by atoms with E-state index in [-0.39, 0.29) is 12.3 Å². The number of hydrogen-bond donors (Lipinski definition) is 1. The Morgan fingerprint density at radius 1 is 1.00 bits per heavy atom. The molecule has 0 heterocycles. The van der Waals surface area contributed by atoms with Crippen LogP contribution in [0, 0.1) is 0 Å². The van der Waals surface area contributed by atoms with E-state index < -0.39 is 17.3 Å². The molecule has 2 aromatic rings. The minimum Gasteiger partial charge on any atom is -0.372 e.